The van der Waals surface area contributed by atoms with E-state index in [1.54, 1.807) is 0 Å². The zero-order valence-corrected chi connectivity index (χ0v) is 11.6. The van der Waals surface area contributed by atoms with E-state index in [0.717, 1.165) is 18.5 Å². The molecule has 100 valence electrons. The minimum absolute atomic E-state index is 0.226. The molecule has 0 saturated heterocycles. The maximum atomic E-state index is 12.0. The van der Waals surface area contributed by atoms with Crippen LogP contribution in [0.15, 0.2) is 24.3 Å². The molecule has 0 aliphatic heterocycles. The van der Waals surface area contributed by atoms with Gasteiger partial charge in [0.2, 0.25) is 0 Å². The first-order valence-corrected chi connectivity index (χ1v) is 6.60. The van der Waals surface area contributed by atoms with Gasteiger partial charge in [0.25, 0.3) is 0 Å². The van der Waals surface area contributed by atoms with Gasteiger partial charge in [0.1, 0.15) is 0 Å². The lowest BCUT2D eigenvalue weighted by Crippen LogP contribution is -2.15. The number of ether oxygens (including phenoxy) is 1. The maximum absolute atomic E-state index is 12.0. The van der Waals surface area contributed by atoms with Crippen molar-refractivity contribution in [3.05, 3.63) is 29.8 Å². The van der Waals surface area contributed by atoms with Crippen molar-refractivity contribution >= 4 is 11.7 Å². The molecule has 0 bridgehead atoms. The van der Waals surface area contributed by atoms with E-state index in [9.17, 15) is 4.79 Å². The largest absolute Gasteiger partial charge is 0.462 e. The summed E-state index contributed by atoms with van der Waals surface area (Å²) in [4.78, 5) is 13.9. The van der Waals surface area contributed by atoms with E-state index in [1.165, 1.54) is 12.8 Å². The van der Waals surface area contributed by atoms with Crippen molar-refractivity contribution in [2.75, 3.05) is 25.6 Å². The summed E-state index contributed by atoms with van der Waals surface area (Å²) in [6.07, 6.45) is 4.46. The van der Waals surface area contributed by atoms with Crippen LogP contribution in [-0.4, -0.2) is 26.7 Å². The molecule has 0 radical (unpaired) electrons. The van der Waals surface area contributed by atoms with Crippen LogP contribution in [0, 0.1) is 0 Å². The van der Waals surface area contributed by atoms with Gasteiger partial charge in [0.15, 0.2) is 0 Å². The van der Waals surface area contributed by atoms with Crippen LogP contribution in [0.1, 0.15) is 43.0 Å². The van der Waals surface area contributed by atoms with Crippen LogP contribution in [0.4, 0.5) is 5.69 Å². The van der Waals surface area contributed by atoms with Crippen LogP contribution in [-0.2, 0) is 4.74 Å². The smallest absolute Gasteiger partial charge is 0.340 e. The van der Waals surface area contributed by atoms with Gasteiger partial charge in [0.05, 0.1) is 17.9 Å². The zero-order chi connectivity index (χ0) is 13.4. The zero-order valence-electron chi connectivity index (χ0n) is 11.6. The number of para-hydroxylation sites is 1. The molecule has 0 unspecified atom stereocenters. The Bertz CT molecular complexity index is 375. The Hall–Kier alpha value is -1.51. The molecule has 1 aromatic carbocycles. The fourth-order valence-electron chi connectivity index (χ4n) is 1.81. The van der Waals surface area contributed by atoms with Gasteiger partial charge in [-0.15, -0.1) is 0 Å². The van der Waals surface area contributed by atoms with Gasteiger partial charge >= 0.3 is 5.97 Å². The SMILES string of the molecule is CCCCCCOC(=O)c1ccccc1N(C)C. The topological polar surface area (TPSA) is 29.5 Å². The number of carbonyl (C=O) groups excluding carboxylic acids is 1. The Morgan fingerprint density at radius 3 is 2.56 bits per heavy atom. The van der Waals surface area contributed by atoms with Gasteiger partial charge in [-0.1, -0.05) is 38.3 Å². The summed E-state index contributed by atoms with van der Waals surface area (Å²) in [7, 11) is 3.85. The molecule has 18 heavy (non-hydrogen) atoms. The highest BCUT2D eigenvalue weighted by molar-refractivity contribution is 5.95. The molecule has 0 aromatic heterocycles. The van der Waals surface area contributed by atoms with Crippen molar-refractivity contribution in [1.82, 2.24) is 0 Å². The predicted molar refractivity (Wildman–Crippen MR) is 75.2 cm³/mol. The molecule has 0 amide bonds. The van der Waals surface area contributed by atoms with Gasteiger partial charge in [-0.25, -0.2) is 4.79 Å². The second-order valence-electron chi connectivity index (χ2n) is 4.61. The summed E-state index contributed by atoms with van der Waals surface area (Å²) < 4.78 is 5.30. The van der Waals surface area contributed by atoms with Crippen LogP contribution < -0.4 is 4.90 Å². The van der Waals surface area contributed by atoms with Crippen molar-refractivity contribution in [2.24, 2.45) is 0 Å². The first-order valence-electron chi connectivity index (χ1n) is 6.60. The van der Waals surface area contributed by atoms with Crippen LogP contribution in [0.2, 0.25) is 0 Å². The highest BCUT2D eigenvalue weighted by atomic mass is 16.5. The monoisotopic (exact) mass is 249 g/mol. The lowest BCUT2D eigenvalue weighted by Gasteiger charge is -2.16. The standard InChI is InChI=1S/C15H23NO2/c1-4-5-6-9-12-18-15(17)13-10-7-8-11-14(13)16(2)3/h7-8,10-11H,4-6,9,12H2,1-3H3. The summed E-state index contributed by atoms with van der Waals surface area (Å²) in [6.45, 7) is 2.68. The molecule has 3 nitrogen and oxygen atoms in total. The molecule has 0 N–H and O–H groups in total. The lowest BCUT2D eigenvalue weighted by molar-refractivity contribution is 0.0498. The number of unbranched alkanes of at least 4 members (excludes halogenated alkanes) is 3. The summed E-state index contributed by atoms with van der Waals surface area (Å²) in [5.74, 6) is -0.226. The van der Waals surface area contributed by atoms with E-state index in [1.807, 2.05) is 43.3 Å². The van der Waals surface area contributed by atoms with E-state index in [2.05, 4.69) is 6.92 Å². The molecular weight excluding hydrogens is 226 g/mol. The van der Waals surface area contributed by atoms with E-state index in [-0.39, 0.29) is 5.97 Å². The number of carbonyl (C=O) groups is 1. The Labute approximate surface area is 110 Å². The summed E-state index contributed by atoms with van der Waals surface area (Å²) in [6, 6.07) is 7.52. The van der Waals surface area contributed by atoms with Crippen molar-refractivity contribution < 1.29 is 9.53 Å². The van der Waals surface area contributed by atoms with Gasteiger partial charge in [-0.05, 0) is 18.6 Å². The van der Waals surface area contributed by atoms with Crippen LogP contribution >= 0.6 is 0 Å². The van der Waals surface area contributed by atoms with E-state index in [0.29, 0.717) is 12.2 Å². The third-order valence-electron chi connectivity index (χ3n) is 2.84. The number of anilines is 1. The number of esters is 1. The quantitative estimate of drug-likeness (QED) is 0.547. The summed E-state index contributed by atoms with van der Waals surface area (Å²) >= 11 is 0. The third-order valence-corrected chi connectivity index (χ3v) is 2.84. The molecule has 1 rings (SSSR count). The van der Waals surface area contributed by atoms with Crippen molar-refractivity contribution in [2.45, 2.75) is 32.6 Å². The van der Waals surface area contributed by atoms with Gasteiger partial charge < -0.3 is 9.64 Å². The number of hydrogen-bond donors (Lipinski definition) is 0. The minimum atomic E-state index is -0.226. The highest BCUT2D eigenvalue weighted by Crippen LogP contribution is 2.18. The maximum Gasteiger partial charge on any atom is 0.340 e. The molecule has 1 aromatic rings. The van der Waals surface area contributed by atoms with E-state index < -0.39 is 0 Å². The molecule has 0 saturated carbocycles. The van der Waals surface area contributed by atoms with Crippen molar-refractivity contribution in [3.8, 4) is 0 Å². The molecule has 0 aliphatic carbocycles. The first-order chi connectivity index (χ1) is 8.66. The predicted octanol–water partition coefficient (Wildman–Crippen LogP) is 3.49. The fraction of sp³-hybridized carbons (Fsp3) is 0.533. The van der Waals surface area contributed by atoms with Crippen LogP contribution in [0.25, 0.3) is 0 Å². The van der Waals surface area contributed by atoms with Crippen molar-refractivity contribution in [3.63, 3.8) is 0 Å². The van der Waals surface area contributed by atoms with E-state index >= 15 is 0 Å². The number of benzene rings is 1. The Kier molecular flexibility index (Phi) is 6.26. The van der Waals surface area contributed by atoms with Gasteiger partial charge in [-0.3, -0.25) is 0 Å². The minimum Gasteiger partial charge on any atom is -0.462 e. The normalized spacial score (nSPS) is 10.2. The first kappa shape index (κ1) is 14.6. The van der Waals surface area contributed by atoms with E-state index in [4.69, 9.17) is 4.74 Å². The molecule has 0 heterocycles. The number of rotatable bonds is 7. The second-order valence-corrected chi connectivity index (χ2v) is 4.61. The Morgan fingerprint density at radius 2 is 1.89 bits per heavy atom. The van der Waals surface area contributed by atoms with Crippen LogP contribution in [0.3, 0.4) is 0 Å². The third kappa shape index (κ3) is 4.40. The Morgan fingerprint density at radius 1 is 1.17 bits per heavy atom. The molecule has 0 atom stereocenters. The molecule has 3 heteroatoms. The second kappa shape index (κ2) is 7.75. The molecule has 0 fully saturated rings. The summed E-state index contributed by atoms with van der Waals surface area (Å²) in [5, 5.41) is 0. The Balaban J connectivity index is 2.51. The average Bonchev–Trinajstić information content (AvgIpc) is 2.38. The molecule has 0 spiro atoms. The molecular formula is C15H23NO2. The van der Waals surface area contributed by atoms with Crippen molar-refractivity contribution in [1.29, 1.82) is 0 Å². The number of hydrogen-bond acceptors (Lipinski definition) is 3. The molecule has 0 aliphatic rings. The average molecular weight is 249 g/mol. The number of nitrogens with zero attached hydrogens (tertiary/aromatic N) is 1. The fourth-order valence-corrected chi connectivity index (χ4v) is 1.81. The summed E-state index contributed by atoms with van der Waals surface area (Å²) in [5.41, 5.74) is 1.54. The van der Waals surface area contributed by atoms with Gasteiger partial charge in [0, 0.05) is 14.1 Å². The van der Waals surface area contributed by atoms with Crippen LogP contribution in [0.5, 0.6) is 0 Å². The highest BCUT2D eigenvalue weighted by Gasteiger charge is 2.12. The van der Waals surface area contributed by atoms with Gasteiger partial charge in [-0.2, -0.15) is 0 Å². The lowest BCUT2D eigenvalue weighted by atomic mass is 10.1.